The van der Waals surface area contributed by atoms with Crippen molar-refractivity contribution in [3.63, 3.8) is 0 Å². The standard InChI is InChI=1S/C54H39N3S/c1-4-14-36(15-5-1)38-24-29-43(30-25-38)57(42-19-8-3-9-20-42)44-31-26-40(27-32-44)54-55-49-23-13-12-22-46(49)52(56-54)48-34-41(37-16-6-2-7-17-37)35-50-51(48)47-33-28-39-18-10-11-21-45(39)53(47)58-50/h1-12,14-22,24-35,52H,13,23H2,(H,55,56). The predicted octanol–water partition coefficient (Wildman–Crippen LogP) is 14.7. The molecule has 58 heavy (non-hydrogen) atoms. The van der Waals surface area contributed by atoms with E-state index >= 15 is 0 Å². The van der Waals surface area contributed by atoms with Crippen molar-refractivity contribution in [2.75, 3.05) is 4.90 Å². The summed E-state index contributed by atoms with van der Waals surface area (Å²) in [4.78, 5) is 7.67. The van der Waals surface area contributed by atoms with Crippen LogP contribution in [0.1, 0.15) is 30.0 Å². The summed E-state index contributed by atoms with van der Waals surface area (Å²) in [7, 11) is 0. The van der Waals surface area contributed by atoms with Gasteiger partial charge in [-0.2, -0.15) is 0 Å². The lowest BCUT2D eigenvalue weighted by molar-refractivity contribution is 0.712. The highest BCUT2D eigenvalue weighted by Gasteiger charge is 2.30. The average molecular weight is 762 g/mol. The molecular formula is C54H39N3S. The summed E-state index contributed by atoms with van der Waals surface area (Å²) in [5.41, 5.74) is 12.9. The number of amidine groups is 1. The molecule has 0 amide bonds. The van der Waals surface area contributed by atoms with Gasteiger partial charge in [0.1, 0.15) is 5.84 Å². The molecule has 0 fully saturated rings. The Balaban J connectivity index is 1.01. The van der Waals surface area contributed by atoms with E-state index in [2.05, 4.69) is 210 Å². The number of benzene rings is 8. The largest absolute Gasteiger partial charge is 0.359 e. The fraction of sp³-hybridized carbons (Fsp3) is 0.0556. The zero-order chi connectivity index (χ0) is 38.4. The van der Waals surface area contributed by atoms with Gasteiger partial charge < -0.3 is 10.2 Å². The molecule has 9 aromatic rings. The first kappa shape index (κ1) is 34.3. The molecular weight excluding hydrogens is 723 g/mol. The van der Waals surface area contributed by atoms with E-state index in [0.717, 1.165) is 47.0 Å². The van der Waals surface area contributed by atoms with Crippen LogP contribution in [-0.4, -0.2) is 5.84 Å². The lowest BCUT2D eigenvalue weighted by Crippen LogP contribution is -2.34. The van der Waals surface area contributed by atoms with Crippen LogP contribution in [0.3, 0.4) is 0 Å². The Morgan fingerprint density at radius 3 is 1.86 bits per heavy atom. The Labute approximate surface area is 342 Å². The van der Waals surface area contributed by atoms with Gasteiger partial charge in [0.05, 0.1) is 6.04 Å². The number of nitrogens with zero attached hydrogens (tertiary/aromatic N) is 2. The highest BCUT2D eigenvalue weighted by molar-refractivity contribution is 7.26. The van der Waals surface area contributed by atoms with Gasteiger partial charge in [-0.05, 0) is 112 Å². The van der Waals surface area contributed by atoms with E-state index in [0.29, 0.717) is 0 Å². The van der Waals surface area contributed by atoms with Crippen LogP contribution in [0.25, 0.3) is 53.2 Å². The second kappa shape index (κ2) is 14.5. The van der Waals surface area contributed by atoms with Crippen LogP contribution in [0.4, 0.5) is 17.1 Å². The number of hydrogen-bond acceptors (Lipinski definition) is 4. The van der Waals surface area contributed by atoms with Crippen LogP contribution in [0.2, 0.25) is 0 Å². The molecule has 1 aliphatic carbocycles. The van der Waals surface area contributed by atoms with Crippen molar-refractivity contribution in [3.05, 3.63) is 223 Å². The monoisotopic (exact) mass is 761 g/mol. The van der Waals surface area contributed by atoms with Crippen molar-refractivity contribution in [1.82, 2.24) is 5.32 Å². The molecule has 2 heterocycles. The van der Waals surface area contributed by atoms with E-state index in [1.807, 2.05) is 11.3 Å². The summed E-state index contributed by atoms with van der Waals surface area (Å²) in [6.07, 6.45) is 6.53. The van der Waals surface area contributed by atoms with E-state index in [1.165, 1.54) is 64.3 Å². The molecule has 1 unspecified atom stereocenters. The zero-order valence-electron chi connectivity index (χ0n) is 31.8. The maximum Gasteiger partial charge on any atom is 0.134 e. The normalized spacial score (nSPS) is 15.0. The van der Waals surface area contributed by atoms with Gasteiger partial charge in [0.2, 0.25) is 0 Å². The Morgan fingerprint density at radius 1 is 0.534 bits per heavy atom. The highest BCUT2D eigenvalue weighted by atomic mass is 32.1. The van der Waals surface area contributed by atoms with E-state index in [-0.39, 0.29) is 6.04 Å². The molecule has 11 rings (SSSR count). The molecule has 1 N–H and O–H groups in total. The molecule has 0 radical (unpaired) electrons. The first-order valence-electron chi connectivity index (χ1n) is 20.0. The first-order chi connectivity index (χ1) is 28.7. The summed E-state index contributed by atoms with van der Waals surface area (Å²) >= 11 is 1.91. The number of nitrogens with one attached hydrogen (secondary N) is 1. The van der Waals surface area contributed by atoms with Crippen LogP contribution >= 0.6 is 11.3 Å². The lowest BCUT2D eigenvalue weighted by atomic mass is 9.86. The van der Waals surface area contributed by atoms with Crippen molar-refractivity contribution in [2.45, 2.75) is 18.9 Å². The summed E-state index contributed by atoms with van der Waals surface area (Å²) in [5.74, 6) is 0.910. The molecule has 1 aromatic heterocycles. The molecule has 276 valence electrons. The van der Waals surface area contributed by atoms with Gasteiger partial charge in [-0.25, -0.2) is 4.99 Å². The molecule has 1 atom stereocenters. The fourth-order valence-corrected chi connectivity index (χ4v) is 10.1. The van der Waals surface area contributed by atoms with Crippen molar-refractivity contribution in [2.24, 2.45) is 4.99 Å². The van der Waals surface area contributed by atoms with Gasteiger partial charge in [-0.15, -0.1) is 11.3 Å². The summed E-state index contributed by atoms with van der Waals surface area (Å²) in [6, 6.07) is 67.8. The topological polar surface area (TPSA) is 27.6 Å². The number of para-hydroxylation sites is 1. The van der Waals surface area contributed by atoms with Crippen molar-refractivity contribution >= 4 is 65.2 Å². The minimum atomic E-state index is -0.0712. The lowest BCUT2D eigenvalue weighted by Gasteiger charge is -2.31. The average Bonchev–Trinajstić information content (AvgIpc) is 3.69. The van der Waals surface area contributed by atoms with E-state index < -0.39 is 0 Å². The number of thiophene rings is 1. The Morgan fingerprint density at radius 2 is 1.14 bits per heavy atom. The first-order valence-corrected chi connectivity index (χ1v) is 20.9. The Bertz CT molecular complexity index is 3050. The van der Waals surface area contributed by atoms with Gasteiger partial charge >= 0.3 is 0 Å². The Hall–Kier alpha value is -7.01. The summed E-state index contributed by atoms with van der Waals surface area (Å²) in [6.45, 7) is 0. The molecule has 1 aliphatic heterocycles. The van der Waals surface area contributed by atoms with Crippen molar-refractivity contribution in [1.29, 1.82) is 0 Å². The second-order valence-electron chi connectivity index (χ2n) is 15.1. The molecule has 8 aromatic carbocycles. The highest BCUT2D eigenvalue weighted by Crippen LogP contribution is 2.46. The quantitative estimate of drug-likeness (QED) is 0.175. The third-order valence-electron chi connectivity index (χ3n) is 11.6. The number of fused-ring (bicyclic) bond motifs is 5. The molecule has 0 saturated carbocycles. The fourth-order valence-electron chi connectivity index (χ4n) is 8.75. The smallest absolute Gasteiger partial charge is 0.134 e. The maximum atomic E-state index is 5.35. The second-order valence-corrected chi connectivity index (χ2v) is 16.1. The number of anilines is 3. The van der Waals surface area contributed by atoms with Crippen LogP contribution in [-0.2, 0) is 0 Å². The van der Waals surface area contributed by atoms with Gasteiger partial charge in [0, 0.05) is 54.1 Å². The summed E-state index contributed by atoms with van der Waals surface area (Å²) < 4.78 is 2.64. The molecule has 3 nitrogen and oxygen atoms in total. The Kier molecular flexibility index (Phi) is 8.56. The van der Waals surface area contributed by atoms with Gasteiger partial charge in [-0.3, -0.25) is 0 Å². The minimum Gasteiger partial charge on any atom is -0.359 e. The number of aliphatic imine (C=N–C) groups is 1. The van der Waals surface area contributed by atoms with Crippen LogP contribution in [0, 0.1) is 0 Å². The molecule has 2 aliphatic rings. The summed E-state index contributed by atoms with van der Waals surface area (Å²) in [5, 5.41) is 9.22. The zero-order valence-corrected chi connectivity index (χ0v) is 32.7. The third-order valence-corrected chi connectivity index (χ3v) is 12.8. The van der Waals surface area contributed by atoms with Crippen molar-refractivity contribution < 1.29 is 0 Å². The number of hydrogen-bond donors (Lipinski definition) is 1. The van der Waals surface area contributed by atoms with Gasteiger partial charge in [-0.1, -0.05) is 140 Å². The van der Waals surface area contributed by atoms with Gasteiger partial charge in [0.15, 0.2) is 0 Å². The number of allylic oxidation sites excluding steroid dienone is 2. The molecule has 0 bridgehead atoms. The molecule has 0 spiro atoms. The van der Waals surface area contributed by atoms with Crippen LogP contribution in [0.15, 0.2) is 216 Å². The van der Waals surface area contributed by atoms with E-state index in [1.54, 1.807) is 0 Å². The molecule has 4 heteroatoms. The maximum absolute atomic E-state index is 5.35. The van der Waals surface area contributed by atoms with Crippen LogP contribution < -0.4 is 10.2 Å². The van der Waals surface area contributed by atoms with Crippen molar-refractivity contribution in [3.8, 4) is 22.3 Å². The third kappa shape index (κ3) is 6.10. The van der Waals surface area contributed by atoms with Crippen LogP contribution in [0.5, 0.6) is 0 Å². The SMILES string of the molecule is C1=CC2=C(CC1)N=C(c1ccc(N(c3ccccc3)c3ccc(-c4ccccc4)cc3)cc1)NC2c1cc(-c2ccccc2)cc2sc3c4ccccc4ccc3c12. The predicted molar refractivity (Wildman–Crippen MR) is 247 cm³/mol. The van der Waals surface area contributed by atoms with E-state index in [4.69, 9.17) is 4.99 Å². The van der Waals surface area contributed by atoms with E-state index in [9.17, 15) is 0 Å². The van der Waals surface area contributed by atoms with Gasteiger partial charge in [0.25, 0.3) is 0 Å². The number of rotatable bonds is 7. The molecule has 0 saturated heterocycles. The minimum absolute atomic E-state index is 0.0712.